The van der Waals surface area contributed by atoms with Gasteiger partial charge in [-0.2, -0.15) is 0 Å². The zero-order valence-electron chi connectivity index (χ0n) is 19.2. The molecule has 2 aromatic carbocycles. The highest BCUT2D eigenvalue weighted by atomic mass is 79.9. The second kappa shape index (κ2) is 15.9. The zero-order chi connectivity index (χ0) is 26.1. The van der Waals surface area contributed by atoms with Gasteiger partial charge in [0, 0.05) is 50.7 Å². The minimum atomic E-state index is 0.0533. The molecule has 0 fully saturated rings. The Bertz CT molecular complexity index is 1000. The lowest BCUT2D eigenvalue weighted by molar-refractivity contribution is -0.108. The predicted octanol–water partition coefficient (Wildman–Crippen LogP) is 10.2. The van der Waals surface area contributed by atoms with E-state index in [1.165, 1.54) is 34.7 Å². The number of thioether (sulfide) groups is 4. The number of carbonyl (C=O) groups excluding carboxylic acids is 2. The summed E-state index contributed by atoms with van der Waals surface area (Å²) < 4.78 is 4.15. The smallest absolute Gasteiger partial charge is 0.214 e. The first-order valence-corrected chi connectivity index (χ1v) is 17.5. The third kappa shape index (κ3) is 10.7. The van der Waals surface area contributed by atoms with Crippen LogP contribution in [0.4, 0.5) is 0 Å². The minimum Gasteiger partial charge on any atom is -0.282 e. The molecule has 188 valence electrons. The third-order valence-electron chi connectivity index (χ3n) is 4.35. The summed E-state index contributed by atoms with van der Waals surface area (Å²) in [6.45, 7) is 10.9. The second-order valence-corrected chi connectivity index (χ2v) is 15.2. The van der Waals surface area contributed by atoms with Gasteiger partial charge in [0.2, 0.25) is 10.2 Å². The second-order valence-electron chi connectivity index (χ2n) is 7.48. The van der Waals surface area contributed by atoms with Crippen LogP contribution in [0.2, 0.25) is 0 Å². The lowest BCUT2D eigenvalue weighted by Gasteiger charge is -2.13. The Labute approximate surface area is 258 Å². The Hall–Kier alpha value is 0.580. The molecule has 2 nitrogen and oxygen atoms in total. The molecule has 0 N–H and O–H groups in total. The fourth-order valence-corrected chi connectivity index (χ4v) is 10.1. The summed E-state index contributed by atoms with van der Waals surface area (Å²) in [4.78, 5) is 25.7. The molecule has 0 amide bonds. The molecular formula is C25H24Br4O2S4. The van der Waals surface area contributed by atoms with Crippen LogP contribution in [0.3, 0.4) is 0 Å². The van der Waals surface area contributed by atoms with Crippen LogP contribution in [0.25, 0.3) is 0 Å². The molecule has 0 aromatic heterocycles. The molecule has 0 heterocycles. The van der Waals surface area contributed by atoms with Gasteiger partial charge in [-0.25, -0.2) is 0 Å². The lowest BCUT2D eigenvalue weighted by atomic mass is 10.1. The van der Waals surface area contributed by atoms with E-state index in [2.05, 4.69) is 101 Å². The molecule has 0 atom stereocenters. The van der Waals surface area contributed by atoms with Crippen LogP contribution in [0.15, 0.2) is 76.3 Å². The average molecular weight is 804 g/mol. The van der Waals surface area contributed by atoms with Crippen molar-refractivity contribution >= 4 is 121 Å². The first-order chi connectivity index (χ1) is 16.5. The fraction of sp³-hybridized carbons (Fsp3) is 0.280. The van der Waals surface area contributed by atoms with Gasteiger partial charge in [0.1, 0.15) is 0 Å². The number of rotatable bonds is 12. The van der Waals surface area contributed by atoms with Crippen LogP contribution >= 0.6 is 111 Å². The monoisotopic (exact) mass is 800 g/mol. The minimum absolute atomic E-state index is 0.0533. The molecule has 0 spiro atoms. The van der Waals surface area contributed by atoms with Crippen molar-refractivity contribution in [2.45, 2.75) is 30.1 Å². The average Bonchev–Trinajstić information content (AvgIpc) is 2.76. The van der Waals surface area contributed by atoms with Crippen LogP contribution in [0.1, 0.15) is 25.0 Å². The van der Waals surface area contributed by atoms with Crippen molar-refractivity contribution in [3.05, 3.63) is 77.6 Å². The highest BCUT2D eigenvalue weighted by Gasteiger charge is 2.13. The van der Waals surface area contributed by atoms with Gasteiger partial charge in [-0.1, -0.05) is 36.7 Å². The van der Waals surface area contributed by atoms with E-state index in [1.54, 1.807) is 37.4 Å². The number of halogens is 4. The largest absolute Gasteiger partial charge is 0.282 e. The molecule has 2 aromatic rings. The van der Waals surface area contributed by atoms with Crippen LogP contribution in [-0.2, 0) is 16.0 Å². The Morgan fingerprint density at radius 2 is 0.971 bits per heavy atom. The van der Waals surface area contributed by atoms with E-state index in [9.17, 15) is 9.59 Å². The van der Waals surface area contributed by atoms with Crippen molar-refractivity contribution in [2.24, 2.45) is 0 Å². The quantitative estimate of drug-likeness (QED) is 0.121. The lowest BCUT2D eigenvalue weighted by Crippen LogP contribution is -1.97. The maximum absolute atomic E-state index is 11.7. The summed E-state index contributed by atoms with van der Waals surface area (Å²) in [5.41, 5.74) is 3.55. The highest BCUT2D eigenvalue weighted by molar-refractivity contribution is 9.11. The van der Waals surface area contributed by atoms with Gasteiger partial charge in [-0.15, -0.1) is 23.5 Å². The molecule has 2 rings (SSSR count). The van der Waals surface area contributed by atoms with Gasteiger partial charge in [0.25, 0.3) is 0 Å². The van der Waals surface area contributed by atoms with Crippen molar-refractivity contribution in [3.8, 4) is 0 Å². The molecule has 0 aliphatic carbocycles. The third-order valence-corrected chi connectivity index (χ3v) is 12.7. The SMILES string of the molecule is C=C(C)C(=O)SCCSc1c(Br)cc(Cc2cc(Br)c(SCCSC(=O)C(=C)C)c(Br)c2)cc1Br. The summed E-state index contributed by atoms with van der Waals surface area (Å²) in [6, 6.07) is 8.61. The molecule has 35 heavy (non-hydrogen) atoms. The molecule has 0 aliphatic heterocycles. The van der Waals surface area contributed by atoms with E-state index >= 15 is 0 Å². The van der Waals surface area contributed by atoms with E-state index in [1.807, 2.05) is 0 Å². The van der Waals surface area contributed by atoms with Gasteiger partial charge in [-0.05, 0) is 131 Å². The van der Waals surface area contributed by atoms with Crippen LogP contribution in [0, 0.1) is 0 Å². The molecule has 0 unspecified atom stereocenters. The molecule has 0 saturated heterocycles. The van der Waals surface area contributed by atoms with E-state index in [4.69, 9.17) is 0 Å². The van der Waals surface area contributed by atoms with Gasteiger partial charge in [-0.3, -0.25) is 9.59 Å². The number of benzene rings is 2. The van der Waals surface area contributed by atoms with Gasteiger partial charge < -0.3 is 0 Å². The Kier molecular flexibility index (Phi) is 14.4. The molecule has 0 aliphatic rings. The van der Waals surface area contributed by atoms with E-state index in [0.29, 0.717) is 11.1 Å². The maximum atomic E-state index is 11.7. The maximum Gasteiger partial charge on any atom is 0.214 e. The van der Waals surface area contributed by atoms with E-state index in [-0.39, 0.29) is 10.2 Å². The van der Waals surface area contributed by atoms with Crippen LogP contribution in [0.5, 0.6) is 0 Å². The van der Waals surface area contributed by atoms with Gasteiger partial charge in [0.15, 0.2) is 0 Å². The number of hydrogen-bond acceptors (Lipinski definition) is 6. The van der Waals surface area contributed by atoms with Crippen molar-refractivity contribution in [2.75, 3.05) is 23.0 Å². The predicted molar refractivity (Wildman–Crippen MR) is 172 cm³/mol. The van der Waals surface area contributed by atoms with Crippen molar-refractivity contribution in [1.29, 1.82) is 0 Å². The molecule has 10 heteroatoms. The van der Waals surface area contributed by atoms with E-state index in [0.717, 1.165) is 57.1 Å². The van der Waals surface area contributed by atoms with Crippen LogP contribution < -0.4 is 0 Å². The van der Waals surface area contributed by atoms with Gasteiger partial charge in [0.05, 0.1) is 0 Å². The topological polar surface area (TPSA) is 34.1 Å². The van der Waals surface area contributed by atoms with E-state index < -0.39 is 0 Å². The number of carbonyl (C=O) groups is 2. The van der Waals surface area contributed by atoms with Crippen molar-refractivity contribution < 1.29 is 9.59 Å². The Balaban J connectivity index is 1.99. The highest BCUT2D eigenvalue weighted by Crippen LogP contribution is 2.39. The first-order valence-electron chi connectivity index (χ1n) is 10.4. The fourth-order valence-electron chi connectivity index (χ4n) is 2.74. The summed E-state index contributed by atoms with van der Waals surface area (Å²) in [5, 5.41) is 0.107. The molecule has 0 saturated carbocycles. The molecule has 0 bridgehead atoms. The summed E-state index contributed by atoms with van der Waals surface area (Å²) >= 11 is 20.9. The summed E-state index contributed by atoms with van der Waals surface area (Å²) in [6.07, 6.45) is 0.788. The summed E-state index contributed by atoms with van der Waals surface area (Å²) in [7, 11) is 0. The van der Waals surface area contributed by atoms with Crippen LogP contribution in [-0.4, -0.2) is 33.2 Å². The van der Waals surface area contributed by atoms with Gasteiger partial charge >= 0.3 is 0 Å². The molecular weight excluding hydrogens is 780 g/mol. The van der Waals surface area contributed by atoms with Crippen molar-refractivity contribution in [3.63, 3.8) is 0 Å². The van der Waals surface area contributed by atoms with Crippen molar-refractivity contribution in [1.82, 2.24) is 0 Å². The Morgan fingerprint density at radius 1 is 0.657 bits per heavy atom. The standard InChI is InChI=1S/C25H24Br4O2S4/c1-14(2)24(30)34-7-5-32-22-18(26)10-16(11-19(22)27)9-17-12-20(28)23(21(29)13-17)33-6-8-35-25(31)15(3)4/h10-13H,1,3,5-9H2,2,4H3. The molecule has 0 radical (unpaired) electrons. The summed E-state index contributed by atoms with van der Waals surface area (Å²) in [5.74, 6) is 3.15. The Morgan fingerprint density at radius 3 is 1.26 bits per heavy atom. The zero-order valence-corrected chi connectivity index (χ0v) is 28.8. The first kappa shape index (κ1) is 31.8. The normalized spacial score (nSPS) is 10.9. The number of hydrogen-bond donors (Lipinski definition) is 0.